The van der Waals surface area contributed by atoms with E-state index in [9.17, 15) is 40.5 Å². The van der Waals surface area contributed by atoms with E-state index < -0.39 is 86.7 Å². The number of esters is 1. The lowest BCUT2D eigenvalue weighted by Gasteiger charge is -2.42. The van der Waals surface area contributed by atoms with Crippen LogP contribution in [0.3, 0.4) is 0 Å². The van der Waals surface area contributed by atoms with Gasteiger partial charge in [0.05, 0.1) is 26.4 Å². The summed E-state index contributed by atoms with van der Waals surface area (Å²) in [7, 11) is 0. The van der Waals surface area contributed by atoms with Crippen molar-refractivity contribution in [2.24, 2.45) is 0 Å². The number of aliphatic hydroxyl groups excluding tert-OH is 7. The van der Waals surface area contributed by atoms with E-state index in [4.69, 9.17) is 28.4 Å². The third kappa shape index (κ3) is 29.3. The van der Waals surface area contributed by atoms with E-state index in [0.29, 0.717) is 13.0 Å². The zero-order valence-corrected chi connectivity index (χ0v) is 42.0. The molecule has 69 heavy (non-hydrogen) atoms. The van der Waals surface area contributed by atoms with Crippen LogP contribution >= 0.6 is 0 Å². The predicted molar refractivity (Wildman–Crippen MR) is 270 cm³/mol. The summed E-state index contributed by atoms with van der Waals surface area (Å²) in [6.07, 6.45) is 36.4. The smallest absolute Gasteiger partial charge is 0.306 e. The normalized spacial score (nSPS) is 26.4. The summed E-state index contributed by atoms with van der Waals surface area (Å²) in [5, 5.41) is 72.2. The third-order valence-electron chi connectivity index (χ3n) is 11.9. The molecule has 11 unspecified atom stereocenters. The molecule has 14 nitrogen and oxygen atoms in total. The second-order valence-electron chi connectivity index (χ2n) is 18.0. The molecule has 0 aromatic rings. The van der Waals surface area contributed by atoms with E-state index in [2.05, 4.69) is 98.9 Å². The van der Waals surface area contributed by atoms with Gasteiger partial charge in [-0.15, -0.1) is 0 Å². The number of unbranched alkanes of at least 4 members (excludes halogenated alkanes) is 12. The molecule has 0 amide bonds. The Labute approximate surface area is 414 Å². The Kier molecular flexibility index (Phi) is 37.7. The van der Waals surface area contributed by atoms with Crippen LogP contribution < -0.4 is 0 Å². The standard InChI is InChI=1S/C55H92O14/c1-3-5-7-9-11-13-15-17-19-20-21-22-23-25-27-29-31-33-35-37-39-64-41-44(67-47(57)38-36-34-32-30-28-26-24-18-16-14-12-10-8-6-4-2)42-65-54-53(63)51(61)49(59)46(69-54)43-66-55-52(62)50(60)48(58)45(40-56)68-55/h6,8,11-14,17-19,21-22,24,28,30,44-46,48-56,58-63H,3-5,7,9-10,15-16,20,23,25-27,29,31-43H2,1-2H3/b8-6-,13-11-,14-12-,19-17-,22-21-,24-18-,30-28-. The molecule has 7 N–H and O–H groups in total. The Bertz CT molecular complexity index is 1460. The van der Waals surface area contributed by atoms with Gasteiger partial charge in [-0.3, -0.25) is 4.79 Å². The minimum absolute atomic E-state index is 0.0326. The van der Waals surface area contributed by atoms with Crippen molar-refractivity contribution in [1.82, 2.24) is 0 Å². The highest BCUT2D eigenvalue weighted by atomic mass is 16.7. The Balaban J connectivity index is 1.78. The molecular weight excluding hydrogens is 885 g/mol. The first-order chi connectivity index (χ1) is 33.6. The van der Waals surface area contributed by atoms with Gasteiger partial charge in [0.1, 0.15) is 54.9 Å². The van der Waals surface area contributed by atoms with Gasteiger partial charge < -0.3 is 64.2 Å². The molecule has 14 heteroatoms. The highest BCUT2D eigenvalue weighted by Gasteiger charge is 2.47. The molecule has 0 aromatic carbocycles. The average Bonchev–Trinajstić information content (AvgIpc) is 3.35. The summed E-state index contributed by atoms with van der Waals surface area (Å²) in [4.78, 5) is 13.0. The molecule has 0 spiro atoms. The van der Waals surface area contributed by atoms with E-state index in [1.54, 1.807) is 0 Å². The van der Waals surface area contributed by atoms with Crippen molar-refractivity contribution >= 4 is 5.97 Å². The molecule has 2 rings (SSSR count). The first kappa shape index (κ1) is 62.3. The second kappa shape index (κ2) is 41.8. The largest absolute Gasteiger partial charge is 0.457 e. The Morgan fingerprint density at radius 1 is 0.493 bits per heavy atom. The number of allylic oxidation sites excluding steroid dienone is 14. The Morgan fingerprint density at radius 3 is 1.48 bits per heavy atom. The van der Waals surface area contributed by atoms with Crippen molar-refractivity contribution in [2.45, 2.75) is 223 Å². The van der Waals surface area contributed by atoms with Gasteiger partial charge in [0, 0.05) is 13.0 Å². The van der Waals surface area contributed by atoms with Crippen LogP contribution in [-0.2, 0) is 33.2 Å². The van der Waals surface area contributed by atoms with E-state index in [1.165, 1.54) is 44.9 Å². The highest BCUT2D eigenvalue weighted by molar-refractivity contribution is 5.69. The molecule has 2 aliphatic heterocycles. The van der Waals surface area contributed by atoms with Gasteiger partial charge in [-0.1, -0.05) is 144 Å². The summed E-state index contributed by atoms with van der Waals surface area (Å²) in [5.74, 6) is -0.424. The van der Waals surface area contributed by atoms with E-state index in [1.807, 2.05) is 0 Å². The second-order valence-corrected chi connectivity index (χ2v) is 18.0. The monoisotopic (exact) mass is 977 g/mol. The molecule has 2 fully saturated rings. The quantitative estimate of drug-likeness (QED) is 0.0176. The van der Waals surface area contributed by atoms with Crippen molar-refractivity contribution in [3.8, 4) is 0 Å². The molecule has 2 heterocycles. The summed E-state index contributed by atoms with van der Waals surface area (Å²) < 4.78 is 34.2. The number of carbonyl (C=O) groups is 1. The van der Waals surface area contributed by atoms with E-state index in [0.717, 1.165) is 83.5 Å². The molecule has 396 valence electrons. The molecule has 2 aliphatic rings. The van der Waals surface area contributed by atoms with Gasteiger partial charge in [0.25, 0.3) is 0 Å². The zero-order chi connectivity index (χ0) is 50.2. The van der Waals surface area contributed by atoms with Crippen LogP contribution in [0.5, 0.6) is 0 Å². The predicted octanol–water partition coefficient (Wildman–Crippen LogP) is 8.07. The molecule has 0 aliphatic carbocycles. The minimum Gasteiger partial charge on any atom is -0.457 e. The summed E-state index contributed by atoms with van der Waals surface area (Å²) in [5.41, 5.74) is 0. The fraction of sp³-hybridized carbons (Fsp3) is 0.727. The van der Waals surface area contributed by atoms with Crippen LogP contribution in [0.2, 0.25) is 0 Å². The van der Waals surface area contributed by atoms with Crippen LogP contribution in [0.15, 0.2) is 85.1 Å². The maximum Gasteiger partial charge on any atom is 0.306 e. The van der Waals surface area contributed by atoms with Gasteiger partial charge >= 0.3 is 5.97 Å². The molecular formula is C55H92O14. The van der Waals surface area contributed by atoms with Crippen molar-refractivity contribution in [2.75, 3.05) is 33.0 Å². The maximum atomic E-state index is 13.0. The highest BCUT2D eigenvalue weighted by Crippen LogP contribution is 2.26. The van der Waals surface area contributed by atoms with Crippen LogP contribution in [0, 0.1) is 0 Å². The van der Waals surface area contributed by atoms with Crippen molar-refractivity contribution in [3.63, 3.8) is 0 Å². The number of hydrogen-bond acceptors (Lipinski definition) is 14. The van der Waals surface area contributed by atoms with E-state index >= 15 is 0 Å². The molecule has 11 atom stereocenters. The molecule has 0 radical (unpaired) electrons. The van der Waals surface area contributed by atoms with Gasteiger partial charge in [-0.2, -0.15) is 0 Å². The Hall–Kier alpha value is -2.83. The summed E-state index contributed by atoms with van der Waals surface area (Å²) in [6, 6.07) is 0. The number of aliphatic hydroxyl groups is 7. The fourth-order valence-electron chi connectivity index (χ4n) is 7.63. The number of ether oxygens (including phenoxy) is 6. The fourth-order valence-corrected chi connectivity index (χ4v) is 7.63. The SMILES string of the molecule is CC/C=C\C/C=C\C/C=C\C/C=C\CCCCC(=O)OC(COCCCCCCCCC/C=C\C/C=C\C/C=C\CCCCC)COC1OC(COC2OC(CO)C(O)C(O)C2O)C(O)C(O)C1O. The number of hydrogen-bond donors (Lipinski definition) is 7. The van der Waals surface area contributed by atoms with Crippen molar-refractivity contribution in [1.29, 1.82) is 0 Å². The maximum absolute atomic E-state index is 13.0. The number of carbonyl (C=O) groups excluding carboxylic acids is 1. The lowest BCUT2D eigenvalue weighted by atomic mass is 9.98. The van der Waals surface area contributed by atoms with Crippen LogP contribution in [0.1, 0.15) is 155 Å². The summed E-state index contributed by atoms with van der Waals surface area (Å²) in [6.45, 7) is 3.44. The summed E-state index contributed by atoms with van der Waals surface area (Å²) >= 11 is 0. The molecule has 2 saturated heterocycles. The van der Waals surface area contributed by atoms with Gasteiger partial charge in [-0.05, 0) is 89.9 Å². The molecule has 0 bridgehead atoms. The van der Waals surface area contributed by atoms with Crippen molar-refractivity contribution in [3.05, 3.63) is 85.1 Å². The minimum atomic E-state index is -1.72. The van der Waals surface area contributed by atoms with Gasteiger partial charge in [0.15, 0.2) is 12.6 Å². The Morgan fingerprint density at radius 2 is 0.942 bits per heavy atom. The lowest BCUT2D eigenvalue weighted by molar-refractivity contribution is -0.332. The number of rotatable bonds is 40. The van der Waals surface area contributed by atoms with Crippen LogP contribution in [0.4, 0.5) is 0 Å². The first-order valence-electron chi connectivity index (χ1n) is 26.2. The third-order valence-corrected chi connectivity index (χ3v) is 11.9. The van der Waals surface area contributed by atoms with E-state index in [-0.39, 0.29) is 19.6 Å². The first-order valence-corrected chi connectivity index (χ1v) is 26.2. The van der Waals surface area contributed by atoms with Crippen LogP contribution in [-0.4, -0.2) is 142 Å². The van der Waals surface area contributed by atoms with Crippen molar-refractivity contribution < 1.29 is 69.0 Å². The molecule has 0 aromatic heterocycles. The van der Waals surface area contributed by atoms with Gasteiger partial charge in [0.2, 0.25) is 0 Å². The van der Waals surface area contributed by atoms with Crippen LogP contribution in [0.25, 0.3) is 0 Å². The van der Waals surface area contributed by atoms with Gasteiger partial charge in [-0.25, -0.2) is 0 Å². The topological polar surface area (TPSA) is 214 Å². The lowest BCUT2D eigenvalue weighted by Crippen LogP contribution is -2.61. The molecule has 0 saturated carbocycles. The average molecular weight is 977 g/mol. The zero-order valence-electron chi connectivity index (χ0n) is 42.0.